The molecular weight excluding hydrogens is 205 g/mol. The fraction of sp³-hybridized carbons (Fsp3) is 0.538. The molecule has 0 unspecified atom stereocenters. The van der Waals surface area contributed by atoms with Crippen LogP contribution in [0.5, 0.6) is 0 Å². The molecular formula is C13H18FNO. The molecule has 1 saturated carbocycles. The second-order valence-corrected chi connectivity index (χ2v) is 4.36. The molecule has 0 heterocycles. The van der Waals surface area contributed by atoms with Gasteiger partial charge in [0.2, 0.25) is 0 Å². The summed E-state index contributed by atoms with van der Waals surface area (Å²) in [5, 5.41) is 9.27. The van der Waals surface area contributed by atoms with Gasteiger partial charge in [0.05, 0.1) is 6.61 Å². The average molecular weight is 223 g/mol. The summed E-state index contributed by atoms with van der Waals surface area (Å²) >= 11 is 0. The topological polar surface area (TPSA) is 23.5 Å². The number of hydrogen-bond donors (Lipinski definition) is 1. The highest BCUT2D eigenvalue weighted by atomic mass is 19.1. The molecule has 3 heteroatoms. The Morgan fingerprint density at radius 1 is 1.44 bits per heavy atom. The maximum Gasteiger partial charge on any atom is 0.123 e. The Morgan fingerprint density at radius 3 is 2.75 bits per heavy atom. The fourth-order valence-electron chi connectivity index (χ4n) is 2.09. The Bertz CT molecular complexity index is 363. The zero-order valence-electron chi connectivity index (χ0n) is 9.62. The van der Waals surface area contributed by atoms with E-state index in [1.807, 2.05) is 0 Å². The van der Waals surface area contributed by atoms with Crippen LogP contribution in [0.25, 0.3) is 0 Å². The van der Waals surface area contributed by atoms with E-state index >= 15 is 0 Å². The molecule has 0 spiro atoms. The lowest BCUT2D eigenvalue weighted by atomic mass is 10.1. The van der Waals surface area contributed by atoms with Crippen LogP contribution in [-0.4, -0.2) is 17.7 Å². The largest absolute Gasteiger partial charge is 0.392 e. The van der Waals surface area contributed by atoms with Crippen molar-refractivity contribution >= 4 is 5.69 Å². The van der Waals surface area contributed by atoms with Crippen molar-refractivity contribution in [3.05, 3.63) is 29.6 Å². The van der Waals surface area contributed by atoms with Crippen LogP contribution >= 0.6 is 0 Å². The van der Waals surface area contributed by atoms with E-state index < -0.39 is 0 Å². The molecule has 1 aliphatic carbocycles. The minimum atomic E-state index is -0.278. The molecule has 88 valence electrons. The first-order valence-corrected chi connectivity index (χ1v) is 5.92. The lowest BCUT2D eigenvalue weighted by Gasteiger charge is -2.26. The van der Waals surface area contributed by atoms with Gasteiger partial charge >= 0.3 is 0 Å². The number of anilines is 1. The summed E-state index contributed by atoms with van der Waals surface area (Å²) in [7, 11) is 0. The molecule has 1 N–H and O–H groups in total. The molecule has 1 fully saturated rings. The van der Waals surface area contributed by atoms with Gasteiger partial charge in [-0.05, 0) is 37.5 Å². The van der Waals surface area contributed by atoms with E-state index in [-0.39, 0.29) is 12.4 Å². The smallest absolute Gasteiger partial charge is 0.123 e. The van der Waals surface area contributed by atoms with E-state index in [2.05, 4.69) is 11.8 Å². The zero-order valence-corrected chi connectivity index (χ0v) is 9.62. The Labute approximate surface area is 95.7 Å². The predicted molar refractivity (Wildman–Crippen MR) is 63.0 cm³/mol. The molecule has 1 aromatic rings. The molecule has 0 saturated heterocycles. The van der Waals surface area contributed by atoms with Crippen LogP contribution in [0.1, 0.15) is 31.7 Å². The second-order valence-electron chi connectivity index (χ2n) is 4.36. The highest BCUT2D eigenvalue weighted by molar-refractivity contribution is 5.55. The molecule has 0 aromatic heterocycles. The van der Waals surface area contributed by atoms with E-state index in [1.165, 1.54) is 25.0 Å². The summed E-state index contributed by atoms with van der Waals surface area (Å²) in [6.45, 7) is 3.01. The normalized spacial score (nSPS) is 15.2. The van der Waals surface area contributed by atoms with Gasteiger partial charge in [-0.25, -0.2) is 4.39 Å². The maximum atomic E-state index is 13.1. The zero-order chi connectivity index (χ0) is 11.5. The van der Waals surface area contributed by atoms with Crippen molar-refractivity contribution in [2.45, 2.75) is 38.8 Å². The number of hydrogen-bond acceptors (Lipinski definition) is 2. The van der Waals surface area contributed by atoms with E-state index in [1.54, 1.807) is 6.07 Å². The molecule has 0 amide bonds. The SMILES string of the molecule is CCCN(c1ccc(F)cc1CO)C1CC1. The van der Waals surface area contributed by atoms with Gasteiger partial charge in [0, 0.05) is 23.8 Å². The molecule has 16 heavy (non-hydrogen) atoms. The Balaban J connectivity index is 2.28. The van der Waals surface area contributed by atoms with Crippen molar-refractivity contribution in [1.29, 1.82) is 0 Å². The van der Waals surface area contributed by atoms with Gasteiger partial charge in [0.15, 0.2) is 0 Å². The summed E-state index contributed by atoms with van der Waals surface area (Å²) in [5.41, 5.74) is 1.69. The van der Waals surface area contributed by atoms with Crippen LogP contribution in [0.2, 0.25) is 0 Å². The van der Waals surface area contributed by atoms with Crippen molar-refractivity contribution in [3.63, 3.8) is 0 Å². The number of halogens is 1. The first-order valence-electron chi connectivity index (χ1n) is 5.92. The molecule has 1 aromatic carbocycles. The molecule has 0 radical (unpaired) electrons. The lowest BCUT2D eigenvalue weighted by molar-refractivity contribution is 0.281. The van der Waals surface area contributed by atoms with Crippen molar-refractivity contribution < 1.29 is 9.50 Å². The highest BCUT2D eigenvalue weighted by Gasteiger charge is 2.29. The number of benzene rings is 1. The van der Waals surface area contributed by atoms with Crippen LogP contribution in [0.3, 0.4) is 0 Å². The number of aliphatic hydroxyl groups excluding tert-OH is 1. The Morgan fingerprint density at radius 2 is 2.19 bits per heavy atom. The molecule has 0 atom stereocenters. The van der Waals surface area contributed by atoms with Gasteiger partial charge in [-0.1, -0.05) is 6.92 Å². The molecule has 0 bridgehead atoms. The number of aliphatic hydroxyl groups is 1. The van der Waals surface area contributed by atoms with E-state index in [0.29, 0.717) is 11.6 Å². The van der Waals surface area contributed by atoms with Crippen LogP contribution in [-0.2, 0) is 6.61 Å². The van der Waals surface area contributed by atoms with Gasteiger partial charge in [-0.3, -0.25) is 0 Å². The molecule has 0 aliphatic heterocycles. The quantitative estimate of drug-likeness (QED) is 0.829. The first kappa shape index (κ1) is 11.4. The Kier molecular flexibility index (Phi) is 3.44. The van der Waals surface area contributed by atoms with Gasteiger partial charge in [-0.2, -0.15) is 0 Å². The van der Waals surface area contributed by atoms with E-state index in [4.69, 9.17) is 0 Å². The first-order chi connectivity index (χ1) is 7.76. The molecule has 2 rings (SSSR count). The van der Waals surface area contributed by atoms with Crippen molar-refractivity contribution in [2.24, 2.45) is 0 Å². The maximum absolute atomic E-state index is 13.1. The monoisotopic (exact) mass is 223 g/mol. The standard InChI is InChI=1S/C13H18FNO/c1-2-7-15(12-4-5-12)13-6-3-11(14)8-10(13)9-16/h3,6,8,12,16H,2,4-5,7,9H2,1H3. The van der Waals surface area contributed by atoms with Crippen LogP contribution in [0, 0.1) is 5.82 Å². The third kappa shape index (κ3) is 2.35. The second kappa shape index (κ2) is 4.83. The third-order valence-electron chi connectivity index (χ3n) is 2.97. The average Bonchev–Trinajstić information content (AvgIpc) is 3.10. The number of nitrogens with zero attached hydrogens (tertiary/aromatic N) is 1. The minimum Gasteiger partial charge on any atom is -0.392 e. The van der Waals surface area contributed by atoms with E-state index in [0.717, 1.165) is 18.7 Å². The highest BCUT2D eigenvalue weighted by Crippen LogP contribution is 2.34. The third-order valence-corrected chi connectivity index (χ3v) is 2.97. The van der Waals surface area contributed by atoms with Crippen molar-refractivity contribution in [3.8, 4) is 0 Å². The summed E-state index contributed by atoms with van der Waals surface area (Å²) in [6.07, 6.45) is 3.49. The predicted octanol–water partition coefficient (Wildman–Crippen LogP) is 2.70. The van der Waals surface area contributed by atoms with Gasteiger partial charge in [0.1, 0.15) is 5.82 Å². The van der Waals surface area contributed by atoms with Crippen molar-refractivity contribution in [2.75, 3.05) is 11.4 Å². The van der Waals surface area contributed by atoms with Crippen LogP contribution < -0.4 is 4.90 Å². The lowest BCUT2D eigenvalue weighted by Crippen LogP contribution is -2.27. The van der Waals surface area contributed by atoms with Crippen molar-refractivity contribution in [1.82, 2.24) is 0 Å². The van der Waals surface area contributed by atoms with E-state index in [9.17, 15) is 9.50 Å². The number of rotatable bonds is 5. The fourth-order valence-corrected chi connectivity index (χ4v) is 2.09. The van der Waals surface area contributed by atoms with Gasteiger partial charge < -0.3 is 10.0 Å². The summed E-state index contributed by atoms with van der Waals surface area (Å²) in [6, 6.07) is 5.28. The summed E-state index contributed by atoms with van der Waals surface area (Å²) < 4.78 is 13.1. The van der Waals surface area contributed by atoms with Gasteiger partial charge in [-0.15, -0.1) is 0 Å². The molecule has 2 nitrogen and oxygen atoms in total. The Hall–Kier alpha value is -1.09. The minimum absolute atomic E-state index is 0.0972. The van der Waals surface area contributed by atoms with Crippen LogP contribution in [0.4, 0.5) is 10.1 Å². The molecule has 1 aliphatic rings. The van der Waals surface area contributed by atoms with Gasteiger partial charge in [0.25, 0.3) is 0 Å². The summed E-state index contributed by atoms with van der Waals surface area (Å²) in [5.74, 6) is -0.278. The van der Waals surface area contributed by atoms with Crippen LogP contribution in [0.15, 0.2) is 18.2 Å². The summed E-state index contributed by atoms with van der Waals surface area (Å²) in [4.78, 5) is 2.30.